The highest BCUT2D eigenvalue weighted by Crippen LogP contribution is 2.24. The summed E-state index contributed by atoms with van der Waals surface area (Å²) < 4.78 is 18.2. The molecular formula is C17H23NO3S. The summed E-state index contributed by atoms with van der Waals surface area (Å²) in [4.78, 5) is 14.6. The fourth-order valence-corrected chi connectivity index (χ4v) is 4.98. The van der Waals surface area contributed by atoms with Gasteiger partial charge in [-0.05, 0) is 37.8 Å². The molecular weight excluding hydrogens is 298 g/mol. The van der Waals surface area contributed by atoms with Gasteiger partial charge in [0.05, 0.1) is 11.4 Å². The average Bonchev–Trinajstić information content (AvgIpc) is 2.98. The molecule has 0 bridgehead atoms. The van der Waals surface area contributed by atoms with E-state index in [1.54, 1.807) is 6.92 Å². The zero-order valence-electron chi connectivity index (χ0n) is 13.2. The summed E-state index contributed by atoms with van der Waals surface area (Å²) in [7, 11) is -1.18. The first-order chi connectivity index (χ1) is 10.6. The van der Waals surface area contributed by atoms with Crippen LogP contribution in [0, 0.1) is 0 Å². The second kappa shape index (κ2) is 6.50. The molecule has 1 aromatic rings. The minimum Gasteiger partial charge on any atom is -0.377 e. The van der Waals surface area contributed by atoms with Crippen LogP contribution < -0.4 is 0 Å². The Morgan fingerprint density at radius 2 is 2.09 bits per heavy atom. The number of benzene rings is 1. The summed E-state index contributed by atoms with van der Waals surface area (Å²) in [6.45, 7) is 5.74. The van der Waals surface area contributed by atoms with Crippen molar-refractivity contribution in [1.29, 1.82) is 0 Å². The van der Waals surface area contributed by atoms with Gasteiger partial charge < -0.3 is 9.64 Å². The van der Waals surface area contributed by atoms with E-state index in [0.29, 0.717) is 19.7 Å². The van der Waals surface area contributed by atoms with Crippen LogP contribution in [-0.4, -0.2) is 44.8 Å². The number of amides is 1. The third-order valence-electron chi connectivity index (χ3n) is 4.74. The Kier molecular flexibility index (Phi) is 4.64. The van der Waals surface area contributed by atoms with Gasteiger partial charge in [0.25, 0.3) is 0 Å². The van der Waals surface area contributed by atoms with Crippen LogP contribution in [0.25, 0.3) is 0 Å². The lowest BCUT2D eigenvalue weighted by Crippen LogP contribution is -2.45. The van der Waals surface area contributed by atoms with E-state index >= 15 is 0 Å². The molecule has 1 saturated heterocycles. The van der Waals surface area contributed by atoms with Crippen molar-refractivity contribution in [1.82, 2.24) is 4.90 Å². The quantitative estimate of drug-likeness (QED) is 0.854. The van der Waals surface area contributed by atoms with Crippen molar-refractivity contribution in [2.75, 3.05) is 13.2 Å². The van der Waals surface area contributed by atoms with Gasteiger partial charge in [0, 0.05) is 30.5 Å². The van der Waals surface area contributed by atoms with Gasteiger partial charge in [0.15, 0.2) is 0 Å². The zero-order valence-corrected chi connectivity index (χ0v) is 14.0. The van der Waals surface area contributed by atoms with E-state index in [1.165, 1.54) is 11.1 Å². The lowest BCUT2D eigenvalue weighted by molar-refractivity contribution is -0.131. The van der Waals surface area contributed by atoms with Crippen molar-refractivity contribution in [3.05, 3.63) is 35.4 Å². The normalized spacial score (nSPS) is 27.3. The highest BCUT2D eigenvalue weighted by molar-refractivity contribution is 7.87. The summed E-state index contributed by atoms with van der Waals surface area (Å²) in [6, 6.07) is 8.24. The molecule has 0 spiro atoms. The van der Waals surface area contributed by atoms with Gasteiger partial charge in [0.2, 0.25) is 5.91 Å². The van der Waals surface area contributed by atoms with Crippen molar-refractivity contribution in [3.63, 3.8) is 0 Å². The predicted molar refractivity (Wildman–Crippen MR) is 87.0 cm³/mol. The van der Waals surface area contributed by atoms with Crippen LogP contribution in [-0.2, 0) is 33.3 Å². The molecule has 2 aliphatic heterocycles. The summed E-state index contributed by atoms with van der Waals surface area (Å²) >= 11 is 0. The standard InChI is InChI=1S/C17H23NO3S/c1-12-16(8-10-21-12)22(20)13(2)17(19)18-9-7-14-5-3-4-6-15(14)11-18/h3-6,12-13,16H,7-11H2,1-2H3/t12-,13+,16-,22-/m0/s1. The molecule has 0 N–H and O–H groups in total. The maximum Gasteiger partial charge on any atom is 0.238 e. The van der Waals surface area contributed by atoms with Crippen LogP contribution in [0.15, 0.2) is 24.3 Å². The molecule has 0 radical (unpaired) electrons. The number of fused-ring (bicyclic) bond motifs is 1. The molecule has 2 aliphatic rings. The molecule has 2 heterocycles. The first-order valence-corrected chi connectivity index (χ1v) is 9.22. The third-order valence-corrected chi connectivity index (χ3v) is 6.86. The lowest BCUT2D eigenvalue weighted by atomic mass is 10.00. The van der Waals surface area contributed by atoms with E-state index in [-0.39, 0.29) is 17.3 Å². The summed E-state index contributed by atoms with van der Waals surface area (Å²) in [5.41, 5.74) is 2.52. The number of carbonyl (C=O) groups excluding carboxylic acids is 1. The topological polar surface area (TPSA) is 46.6 Å². The van der Waals surface area contributed by atoms with E-state index < -0.39 is 16.0 Å². The number of hydrogen-bond donors (Lipinski definition) is 0. The van der Waals surface area contributed by atoms with Crippen LogP contribution in [0.5, 0.6) is 0 Å². The second-order valence-corrected chi connectivity index (χ2v) is 8.12. The predicted octanol–water partition coefficient (Wildman–Crippen LogP) is 1.89. The second-order valence-electron chi connectivity index (χ2n) is 6.15. The molecule has 1 fully saturated rings. The van der Waals surface area contributed by atoms with Gasteiger partial charge in [-0.1, -0.05) is 24.3 Å². The lowest BCUT2D eigenvalue weighted by Gasteiger charge is -2.31. The Morgan fingerprint density at radius 3 is 2.77 bits per heavy atom. The Hall–Kier alpha value is -1.20. The van der Waals surface area contributed by atoms with Crippen molar-refractivity contribution >= 4 is 16.7 Å². The van der Waals surface area contributed by atoms with Gasteiger partial charge in [-0.2, -0.15) is 0 Å². The monoisotopic (exact) mass is 321 g/mol. The van der Waals surface area contributed by atoms with Crippen LogP contribution in [0.2, 0.25) is 0 Å². The molecule has 0 aliphatic carbocycles. The smallest absolute Gasteiger partial charge is 0.238 e. The first kappa shape index (κ1) is 15.7. The van der Waals surface area contributed by atoms with Gasteiger partial charge in [-0.25, -0.2) is 0 Å². The fourth-order valence-electron chi connectivity index (χ4n) is 3.32. The van der Waals surface area contributed by atoms with E-state index in [1.807, 2.05) is 24.0 Å². The summed E-state index contributed by atoms with van der Waals surface area (Å²) in [5.74, 6) is 0.00642. The van der Waals surface area contributed by atoms with Crippen molar-refractivity contribution < 1.29 is 13.7 Å². The van der Waals surface area contributed by atoms with Gasteiger partial charge >= 0.3 is 0 Å². The van der Waals surface area contributed by atoms with E-state index in [4.69, 9.17) is 4.74 Å². The Balaban J connectivity index is 1.68. The largest absolute Gasteiger partial charge is 0.377 e. The van der Waals surface area contributed by atoms with E-state index in [9.17, 15) is 9.00 Å². The summed E-state index contributed by atoms with van der Waals surface area (Å²) in [5, 5.41) is -0.476. The number of hydrogen-bond acceptors (Lipinski definition) is 3. The average molecular weight is 321 g/mol. The van der Waals surface area contributed by atoms with Crippen LogP contribution in [0.4, 0.5) is 0 Å². The molecule has 0 aromatic heterocycles. The first-order valence-electron chi connectivity index (χ1n) is 7.94. The summed E-state index contributed by atoms with van der Waals surface area (Å²) in [6.07, 6.45) is 1.65. The third kappa shape index (κ3) is 2.97. The van der Waals surface area contributed by atoms with Gasteiger partial charge in [-0.15, -0.1) is 0 Å². The highest BCUT2D eigenvalue weighted by atomic mass is 32.2. The number of ether oxygens (including phenoxy) is 1. The number of nitrogens with zero attached hydrogens (tertiary/aromatic N) is 1. The highest BCUT2D eigenvalue weighted by Gasteiger charge is 2.36. The molecule has 120 valence electrons. The fraction of sp³-hybridized carbons (Fsp3) is 0.588. The molecule has 4 nitrogen and oxygen atoms in total. The SMILES string of the molecule is C[C@@H]1OCC[C@@H]1[S@@](=O)[C@H](C)C(=O)N1CCc2ccccc2C1. The van der Waals surface area contributed by atoms with Crippen molar-refractivity contribution in [2.45, 2.75) is 49.8 Å². The van der Waals surface area contributed by atoms with E-state index in [0.717, 1.165) is 12.8 Å². The molecule has 22 heavy (non-hydrogen) atoms. The Labute approximate surface area is 134 Å². The van der Waals surface area contributed by atoms with Crippen molar-refractivity contribution in [2.24, 2.45) is 0 Å². The maximum atomic E-state index is 12.7. The van der Waals surface area contributed by atoms with Crippen LogP contribution in [0.1, 0.15) is 31.4 Å². The molecule has 5 heteroatoms. The number of carbonyl (C=O) groups is 1. The molecule has 1 amide bonds. The van der Waals surface area contributed by atoms with Crippen molar-refractivity contribution in [3.8, 4) is 0 Å². The molecule has 1 aromatic carbocycles. The minimum absolute atomic E-state index is 0.00642. The van der Waals surface area contributed by atoms with E-state index in [2.05, 4.69) is 12.1 Å². The van der Waals surface area contributed by atoms with Crippen LogP contribution in [0.3, 0.4) is 0 Å². The molecule has 3 rings (SSSR count). The maximum absolute atomic E-state index is 12.7. The molecule has 0 saturated carbocycles. The zero-order chi connectivity index (χ0) is 15.7. The molecule has 4 atom stereocenters. The Bertz CT molecular complexity index is 589. The minimum atomic E-state index is -1.18. The number of rotatable bonds is 3. The Morgan fingerprint density at radius 1 is 1.36 bits per heavy atom. The van der Waals surface area contributed by atoms with Crippen LogP contribution >= 0.6 is 0 Å². The van der Waals surface area contributed by atoms with Gasteiger partial charge in [0.1, 0.15) is 5.25 Å². The van der Waals surface area contributed by atoms with Gasteiger partial charge in [-0.3, -0.25) is 9.00 Å². The molecule has 0 unspecified atom stereocenters.